The Labute approximate surface area is 129 Å². The fraction of sp³-hybridized carbons (Fsp3) is 0.412. The number of methoxy groups -OCH3 is 1. The first-order chi connectivity index (χ1) is 10.7. The van der Waals surface area contributed by atoms with Gasteiger partial charge < -0.3 is 14.8 Å². The van der Waals surface area contributed by atoms with Gasteiger partial charge in [0.25, 0.3) is 5.91 Å². The lowest BCUT2D eigenvalue weighted by atomic mass is 10.1. The van der Waals surface area contributed by atoms with Crippen molar-refractivity contribution in [1.29, 1.82) is 0 Å². The van der Waals surface area contributed by atoms with E-state index in [1.165, 1.54) is 0 Å². The van der Waals surface area contributed by atoms with E-state index in [0.717, 1.165) is 41.8 Å². The molecule has 1 saturated heterocycles. The van der Waals surface area contributed by atoms with Crippen LogP contribution in [0.15, 0.2) is 24.3 Å². The molecular formula is C17H20N2O3. The summed E-state index contributed by atoms with van der Waals surface area (Å²) in [5.74, 6) is 0.647. The highest BCUT2D eigenvalue weighted by atomic mass is 16.5. The molecule has 1 N–H and O–H groups in total. The Hall–Kier alpha value is -2.14. The van der Waals surface area contributed by atoms with Gasteiger partial charge in [-0.25, -0.2) is 0 Å². The zero-order valence-corrected chi connectivity index (χ0v) is 12.9. The predicted molar refractivity (Wildman–Crippen MR) is 84.3 cm³/mol. The number of carbonyl (C=O) groups excluding carboxylic acids is 1. The molecular weight excluding hydrogens is 280 g/mol. The standard InChI is InChI=1S/C17H20N2O3/c1-11-15(17(20)18-10-14-4-3-7-22-14)9-12-8-13(21-2)5-6-16(12)19-11/h5-6,8-9,14H,3-4,7,10H2,1-2H3,(H,18,20)/t14-/m1/s1. The second kappa shape index (κ2) is 6.32. The number of nitrogens with one attached hydrogen (secondary N) is 1. The van der Waals surface area contributed by atoms with Crippen LogP contribution in [0.5, 0.6) is 5.75 Å². The number of aryl methyl sites for hydroxylation is 1. The van der Waals surface area contributed by atoms with Crippen molar-refractivity contribution in [2.45, 2.75) is 25.9 Å². The minimum absolute atomic E-state index is 0.106. The highest BCUT2D eigenvalue weighted by Gasteiger charge is 2.18. The number of hydrogen-bond donors (Lipinski definition) is 1. The van der Waals surface area contributed by atoms with Crippen molar-refractivity contribution < 1.29 is 14.3 Å². The van der Waals surface area contributed by atoms with Crippen molar-refractivity contribution in [3.8, 4) is 5.75 Å². The molecule has 22 heavy (non-hydrogen) atoms. The number of hydrogen-bond acceptors (Lipinski definition) is 4. The minimum atomic E-state index is -0.106. The van der Waals surface area contributed by atoms with Crippen LogP contribution in [0.2, 0.25) is 0 Å². The molecule has 0 aliphatic carbocycles. The molecule has 2 aromatic rings. The van der Waals surface area contributed by atoms with Gasteiger partial charge in [-0.2, -0.15) is 0 Å². The third kappa shape index (κ3) is 3.04. The number of pyridine rings is 1. The Morgan fingerprint density at radius 2 is 2.32 bits per heavy atom. The number of carbonyl (C=O) groups is 1. The van der Waals surface area contributed by atoms with Crippen molar-refractivity contribution in [3.63, 3.8) is 0 Å². The average Bonchev–Trinajstić information content (AvgIpc) is 3.05. The fourth-order valence-corrected chi connectivity index (χ4v) is 2.71. The zero-order chi connectivity index (χ0) is 15.5. The molecule has 1 atom stereocenters. The fourth-order valence-electron chi connectivity index (χ4n) is 2.71. The van der Waals surface area contributed by atoms with E-state index < -0.39 is 0 Å². The van der Waals surface area contributed by atoms with E-state index in [0.29, 0.717) is 12.1 Å². The summed E-state index contributed by atoms with van der Waals surface area (Å²) >= 11 is 0. The first-order valence-electron chi connectivity index (χ1n) is 7.52. The van der Waals surface area contributed by atoms with Crippen molar-refractivity contribution in [1.82, 2.24) is 10.3 Å². The molecule has 1 fully saturated rings. The van der Waals surface area contributed by atoms with Crippen molar-refractivity contribution in [3.05, 3.63) is 35.5 Å². The second-order valence-electron chi connectivity index (χ2n) is 5.53. The van der Waals surface area contributed by atoms with Gasteiger partial charge in [0.05, 0.1) is 30.0 Å². The summed E-state index contributed by atoms with van der Waals surface area (Å²) in [6.45, 7) is 3.19. The number of amides is 1. The third-order valence-electron chi connectivity index (χ3n) is 3.97. The largest absolute Gasteiger partial charge is 0.497 e. The lowest BCUT2D eigenvalue weighted by molar-refractivity contribution is 0.0857. The number of aromatic nitrogens is 1. The van der Waals surface area contributed by atoms with Gasteiger partial charge in [-0.05, 0) is 44.0 Å². The lowest BCUT2D eigenvalue weighted by Gasteiger charge is -2.12. The average molecular weight is 300 g/mol. The maximum Gasteiger partial charge on any atom is 0.253 e. The molecule has 1 aromatic carbocycles. The Bertz CT molecular complexity index is 694. The smallest absolute Gasteiger partial charge is 0.253 e. The first-order valence-corrected chi connectivity index (χ1v) is 7.52. The maximum absolute atomic E-state index is 12.4. The number of fused-ring (bicyclic) bond motifs is 1. The van der Waals surface area contributed by atoms with Crippen molar-refractivity contribution in [2.24, 2.45) is 0 Å². The van der Waals surface area contributed by atoms with E-state index in [4.69, 9.17) is 9.47 Å². The van der Waals surface area contributed by atoms with Crippen LogP contribution in [0.1, 0.15) is 28.9 Å². The van der Waals surface area contributed by atoms with Gasteiger partial charge in [-0.3, -0.25) is 9.78 Å². The summed E-state index contributed by atoms with van der Waals surface area (Å²) in [6.07, 6.45) is 2.21. The third-order valence-corrected chi connectivity index (χ3v) is 3.97. The summed E-state index contributed by atoms with van der Waals surface area (Å²) in [5.41, 5.74) is 2.18. The number of benzene rings is 1. The Morgan fingerprint density at radius 3 is 3.05 bits per heavy atom. The molecule has 0 bridgehead atoms. The van der Waals surface area contributed by atoms with Gasteiger partial charge in [-0.15, -0.1) is 0 Å². The first kappa shape index (κ1) is 14.8. The van der Waals surface area contributed by atoms with Crippen LogP contribution in [0.25, 0.3) is 10.9 Å². The quantitative estimate of drug-likeness (QED) is 0.942. The summed E-state index contributed by atoms with van der Waals surface area (Å²) < 4.78 is 10.7. The molecule has 1 aromatic heterocycles. The zero-order valence-electron chi connectivity index (χ0n) is 12.9. The second-order valence-corrected chi connectivity index (χ2v) is 5.53. The number of rotatable bonds is 4. The molecule has 0 saturated carbocycles. The summed E-state index contributed by atoms with van der Waals surface area (Å²) in [4.78, 5) is 16.9. The maximum atomic E-state index is 12.4. The van der Waals surface area contributed by atoms with E-state index in [9.17, 15) is 4.79 Å². The molecule has 0 unspecified atom stereocenters. The van der Waals surface area contributed by atoms with Crippen LogP contribution >= 0.6 is 0 Å². The topological polar surface area (TPSA) is 60.5 Å². The van der Waals surface area contributed by atoms with Gasteiger partial charge in [-0.1, -0.05) is 0 Å². The molecule has 0 radical (unpaired) electrons. The molecule has 5 nitrogen and oxygen atoms in total. The van der Waals surface area contributed by atoms with Crippen LogP contribution in [0.4, 0.5) is 0 Å². The van der Waals surface area contributed by atoms with Crippen molar-refractivity contribution in [2.75, 3.05) is 20.3 Å². The van der Waals surface area contributed by atoms with Crippen LogP contribution < -0.4 is 10.1 Å². The van der Waals surface area contributed by atoms with E-state index in [1.807, 2.05) is 31.2 Å². The summed E-state index contributed by atoms with van der Waals surface area (Å²) in [5, 5.41) is 3.84. The summed E-state index contributed by atoms with van der Waals surface area (Å²) in [7, 11) is 1.62. The number of ether oxygens (including phenoxy) is 2. The van der Waals surface area contributed by atoms with Crippen LogP contribution in [0, 0.1) is 6.92 Å². The van der Waals surface area contributed by atoms with E-state index in [2.05, 4.69) is 10.3 Å². The Kier molecular flexibility index (Phi) is 4.24. The normalized spacial score (nSPS) is 17.6. The van der Waals surface area contributed by atoms with Crippen LogP contribution in [-0.2, 0) is 4.74 Å². The van der Waals surface area contributed by atoms with Crippen molar-refractivity contribution >= 4 is 16.8 Å². The molecule has 5 heteroatoms. The predicted octanol–water partition coefficient (Wildman–Crippen LogP) is 2.46. The SMILES string of the molecule is COc1ccc2nc(C)c(C(=O)NC[C@H]3CCCO3)cc2c1. The summed E-state index contributed by atoms with van der Waals surface area (Å²) in [6, 6.07) is 7.52. The molecule has 1 aliphatic heterocycles. The lowest BCUT2D eigenvalue weighted by Crippen LogP contribution is -2.32. The van der Waals surface area contributed by atoms with Gasteiger partial charge in [0.15, 0.2) is 0 Å². The highest BCUT2D eigenvalue weighted by Crippen LogP contribution is 2.22. The Morgan fingerprint density at radius 1 is 1.45 bits per heavy atom. The van der Waals surface area contributed by atoms with E-state index >= 15 is 0 Å². The van der Waals surface area contributed by atoms with Crippen LogP contribution in [0.3, 0.4) is 0 Å². The van der Waals surface area contributed by atoms with Gasteiger partial charge >= 0.3 is 0 Å². The highest BCUT2D eigenvalue weighted by molar-refractivity contribution is 5.98. The van der Waals surface area contributed by atoms with Crippen LogP contribution in [-0.4, -0.2) is 37.3 Å². The molecule has 0 spiro atoms. The van der Waals surface area contributed by atoms with Gasteiger partial charge in [0.1, 0.15) is 5.75 Å². The molecule has 2 heterocycles. The van der Waals surface area contributed by atoms with Gasteiger partial charge in [0, 0.05) is 18.5 Å². The van der Waals surface area contributed by atoms with Gasteiger partial charge in [0.2, 0.25) is 0 Å². The minimum Gasteiger partial charge on any atom is -0.497 e. The Balaban J connectivity index is 1.81. The number of nitrogens with zero attached hydrogens (tertiary/aromatic N) is 1. The van der Waals surface area contributed by atoms with E-state index in [1.54, 1.807) is 7.11 Å². The molecule has 1 amide bonds. The molecule has 3 rings (SSSR count). The van der Waals surface area contributed by atoms with E-state index in [-0.39, 0.29) is 12.0 Å². The molecule has 1 aliphatic rings. The monoisotopic (exact) mass is 300 g/mol. The molecule has 116 valence electrons.